The van der Waals surface area contributed by atoms with Gasteiger partial charge < -0.3 is 15.0 Å². The predicted octanol–water partition coefficient (Wildman–Crippen LogP) is 1.29. The Balaban J connectivity index is 2.18. The third kappa shape index (κ3) is 3.49. The summed E-state index contributed by atoms with van der Waals surface area (Å²) in [4.78, 5) is 45.0. The fourth-order valence-electron chi connectivity index (χ4n) is 3.27. The molecule has 0 saturated carbocycles. The lowest BCUT2D eigenvalue weighted by atomic mass is 9.77. The average molecular weight is 335 g/mol. The van der Waals surface area contributed by atoms with Gasteiger partial charge in [0.25, 0.3) is 5.56 Å². The summed E-state index contributed by atoms with van der Waals surface area (Å²) in [6, 6.07) is 0. The molecule has 0 bridgehead atoms. The van der Waals surface area contributed by atoms with Gasteiger partial charge in [-0.1, -0.05) is 13.8 Å². The van der Waals surface area contributed by atoms with E-state index in [9.17, 15) is 19.5 Å². The van der Waals surface area contributed by atoms with Crippen LogP contribution in [0.4, 0.5) is 0 Å². The summed E-state index contributed by atoms with van der Waals surface area (Å²) in [7, 11) is 0. The van der Waals surface area contributed by atoms with Crippen LogP contribution in [0.15, 0.2) is 4.79 Å². The number of aryl methyl sites for hydroxylation is 2. The predicted molar refractivity (Wildman–Crippen MR) is 88.9 cm³/mol. The van der Waals surface area contributed by atoms with Gasteiger partial charge in [0.05, 0.1) is 11.8 Å². The van der Waals surface area contributed by atoms with E-state index in [1.807, 2.05) is 13.8 Å². The number of carboxylic acids is 1. The highest BCUT2D eigenvalue weighted by molar-refractivity contribution is 5.81. The summed E-state index contributed by atoms with van der Waals surface area (Å²) in [6.45, 7) is 6.19. The van der Waals surface area contributed by atoms with Crippen LogP contribution in [0.5, 0.6) is 0 Å². The molecule has 0 aromatic carbocycles. The van der Waals surface area contributed by atoms with Crippen LogP contribution in [-0.2, 0) is 22.4 Å². The minimum absolute atomic E-state index is 0.0441. The molecule has 1 aliphatic heterocycles. The number of aromatic amines is 1. The molecule has 0 aliphatic carbocycles. The number of aromatic nitrogens is 2. The average Bonchev–Trinajstić information content (AvgIpc) is 2.57. The fourth-order valence-corrected chi connectivity index (χ4v) is 3.27. The molecule has 1 amide bonds. The Morgan fingerprint density at radius 2 is 2.08 bits per heavy atom. The summed E-state index contributed by atoms with van der Waals surface area (Å²) < 4.78 is 0. The number of likely N-dealkylation sites (tertiary alicyclic amines) is 1. The molecule has 2 N–H and O–H groups in total. The van der Waals surface area contributed by atoms with E-state index >= 15 is 0 Å². The van der Waals surface area contributed by atoms with Gasteiger partial charge >= 0.3 is 5.97 Å². The molecule has 7 nitrogen and oxygen atoms in total. The van der Waals surface area contributed by atoms with Gasteiger partial charge in [-0.05, 0) is 26.2 Å². The lowest BCUT2D eigenvalue weighted by Crippen LogP contribution is -2.50. The molecular formula is C17H25N3O4. The standard InChI is InChI=1S/C17H25N3O4/c1-4-13-18-11(3)12(15(22)19-13)9-14(21)20-8-6-7-17(5-2,10-20)16(23)24/h4-10H2,1-3H3,(H,23,24)(H,18,19,22)/t17-/m1/s1. The Morgan fingerprint density at radius 1 is 1.38 bits per heavy atom. The number of H-pyrrole nitrogens is 1. The van der Waals surface area contributed by atoms with Crippen LogP contribution in [0, 0.1) is 12.3 Å². The highest BCUT2D eigenvalue weighted by atomic mass is 16.4. The Kier molecular flexibility index (Phi) is 5.41. The van der Waals surface area contributed by atoms with Crippen molar-refractivity contribution in [2.45, 2.75) is 52.9 Å². The SMILES string of the molecule is CCc1nc(C)c(CC(=O)N2CCC[C@@](CC)(C(=O)O)C2)c(=O)[nH]1. The van der Waals surface area contributed by atoms with Gasteiger partial charge in [0.2, 0.25) is 5.91 Å². The lowest BCUT2D eigenvalue weighted by Gasteiger charge is -2.39. The maximum Gasteiger partial charge on any atom is 0.311 e. The van der Waals surface area contributed by atoms with Crippen molar-refractivity contribution >= 4 is 11.9 Å². The molecule has 1 fully saturated rings. The second kappa shape index (κ2) is 7.15. The molecule has 132 valence electrons. The van der Waals surface area contributed by atoms with Crippen LogP contribution in [0.2, 0.25) is 0 Å². The van der Waals surface area contributed by atoms with Crippen molar-refractivity contribution in [3.8, 4) is 0 Å². The maximum absolute atomic E-state index is 12.6. The molecule has 24 heavy (non-hydrogen) atoms. The number of piperidine rings is 1. The quantitative estimate of drug-likeness (QED) is 0.844. The summed E-state index contributed by atoms with van der Waals surface area (Å²) in [5.41, 5.74) is -0.245. The van der Waals surface area contributed by atoms with Crippen molar-refractivity contribution in [2.75, 3.05) is 13.1 Å². The normalized spacial score (nSPS) is 20.9. The van der Waals surface area contributed by atoms with Gasteiger partial charge in [-0.25, -0.2) is 4.98 Å². The van der Waals surface area contributed by atoms with Gasteiger partial charge in [0, 0.05) is 30.8 Å². The number of carboxylic acid groups (broad SMARTS) is 1. The van der Waals surface area contributed by atoms with Crippen LogP contribution in [0.3, 0.4) is 0 Å². The van der Waals surface area contributed by atoms with E-state index < -0.39 is 11.4 Å². The zero-order valence-electron chi connectivity index (χ0n) is 14.5. The van der Waals surface area contributed by atoms with E-state index in [1.165, 1.54) is 0 Å². The monoisotopic (exact) mass is 335 g/mol. The first-order valence-electron chi connectivity index (χ1n) is 8.42. The topological polar surface area (TPSA) is 103 Å². The molecular weight excluding hydrogens is 310 g/mol. The van der Waals surface area contributed by atoms with E-state index in [4.69, 9.17) is 0 Å². The molecule has 2 rings (SSSR count). The van der Waals surface area contributed by atoms with E-state index in [-0.39, 0.29) is 24.4 Å². The minimum Gasteiger partial charge on any atom is -0.481 e. The molecule has 1 saturated heterocycles. The Bertz CT molecular complexity index is 698. The summed E-state index contributed by atoms with van der Waals surface area (Å²) in [5.74, 6) is -0.471. The molecule has 0 unspecified atom stereocenters. The number of amides is 1. The van der Waals surface area contributed by atoms with Gasteiger partial charge in [0.1, 0.15) is 5.82 Å². The Labute approximate surface area is 141 Å². The number of hydrogen-bond donors (Lipinski definition) is 2. The highest BCUT2D eigenvalue weighted by Gasteiger charge is 2.42. The highest BCUT2D eigenvalue weighted by Crippen LogP contribution is 2.33. The largest absolute Gasteiger partial charge is 0.481 e. The van der Waals surface area contributed by atoms with Crippen molar-refractivity contribution in [3.05, 3.63) is 27.4 Å². The molecule has 0 spiro atoms. The first-order chi connectivity index (χ1) is 11.3. The van der Waals surface area contributed by atoms with Crippen molar-refractivity contribution in [3.63, 3.8) is 0 Å². The number of aliphatic carboxylic acids is 1. The molecule has 2 heterocycles. The fraction of sp³-hybridized carbons (Fsp3) is 0.647. The first kappa shape index (κ1) is 18.2. The van der Waals surface area contributed by atoms with Gasteiger partial charge in [0.15, 0.2) is 0 Å². The van der Waals surface area contributed by atoms with E-state index in [0.29, 0.717) is 49.3 Å². The molecule has 1 atom stereocenters. The lowest BCUT2D eigenvalue weighted by molar-refractivity contribution is -0.155. The smallest absolute Gasteiger partial charge is 0.311 e. The van der Waals surface area contributed by atoms with Crippen LogP contribution in [0.1, 0.15) is 50.2 Å². The first-order valence-corrected chi connectivity index (χ1v) is 8.42. The zero-order valence-corrected chi connectivity index (χ0v) is 14.5. The van der Waals surface area contributed by atoms with E-state index in [1.54, 1.807) is 11.8 Å². The zero-order chi connectivity index (χ0) is 17.9. The van der Waals surface area contributed by atoms with Gasteiger partial charge in [-0.2, -0.15) is 0 Å². The van der Waals surface area contributed by atoms with E-state index in [2.05, 4.69) is 9.97 Å². The molecule has 1 aromatic rings. The second-order valence-corrected chi connectivity index (χ2v) is 6.46. The summed E-state index contributed by atoms with van der Waals surface area (Å²) >= 11 is 0. The number of carbonyl (C=O) groups excluding carboxylic acids is 1. The van der Waals surface area contributed by atoms with Gasteiger partial charge in [-0.3, -0.25) is 14.4 Å². The third-order valence-corrected chi connectivity index (χ3v) is 4.99. The molecule has 7 heteroatoms. The van der Waals surface area contributed by atoms with E-state index in [0.717, 1.165) is 0 Å². The number of nitrogens with zero attached hydrogens (tertiary/aromatic N) is 2. The molecule has 1 aromatic heterocycles. The maximum atomic E-state index is 12.6. The van der Waals surface area contributed by atoms with Crippen molar-refractivity contribution in [1.82, 2.24) is 14.9 Å². The Hall–Kier alpha value is -2.18. The number of hydrogen-bond acceptors (Lipinski definition) is 4. The Morgan fingerprint density at radius 3 is 2.62 bits per heavy atom. The van der Waals surface area contributed by atoms with Crippen molar-refractivity contribution in [2.24, 2.45) is 5.41 Å². The molecule has 1 aliphatic rings. The third-order valence-electron chi connectivity index (χ3n) is 4.99. The minimum atomic E-state index is -0.875. The molecule has 0 radical (unpaired) electrons. The van der Waals surface area contributed by atoms with Crippen LogP contribution >= 0.6 is 0 Å². The second-order valence-electron chi connectivity index (χ2n) is 6.46. The van der Waals surface area contributed by atoms with Gasteiger partial charge in [-0.15, -0.1) is 0 Å². The van der Waals surface area contributed by atoms with Crippen LogP contribution in [-0.4, -0.2) is 44.9 Å². The van der Waals surface area contributed by atoms with Crippen molar-refractivity contribution in [1.29, 1.82) is 0 Å². The number of nitrogens with one attached hydrogen (secondary N) is 1. The van der Waals surface area contributed by atoms with Crippen molar-refractivity contribution < 1.29 is 14.7 Å². The number of carbonyl (C=O) groups is 2. The summed E-state index contributed by atoms with van der Waals surface area (Å²) in [5, 5.41) is 9.52. The summed E-state index contributed by atoms with van der Waals surface area (Å²) in [6.07, 6.45) is 2.30. The van der Waals surface area contributed by atoms with Crippen LogP contribution < -0.4 is 5.56 Å². The number of rotatable bonds is 5. The van der Waals surface area contributed by atoms with Crippen LogP contribution in [0.25, 0.3) is 0 Å².